The number of aryl methyl sites for hydroxylation is 3. The van der Waals surface area contributed by atoms with Gasteiger partial charge < -0.3 is 14.7 Å². The van der Waals surface area contributed by atoms with Crippen molar-refractivity contribution in [2.75, 3.05) is 57.0 Å². The number of rotatable bonds is 6. The molecule has 0 atom stereocenters. The van der Waals surface area contributed by atoms with Gasteiger partial charge in [-0.1, -0.05) is 18.2 Å². The minimum atomic E-state index is -2.81. The molecule has 3 aromatic rings. The number of benzene rings is 3. The van der Waals surface area contributed by atoms with Crippen LogP contribution in [0.25, 0.3) is 0 Å². The standard InChI is InChI=1S/C27H36ClN3Si/c1-19-10-22(29(4)5)16-25(13-19)32(28,26-14-20(2)11-23(17-26)30(6)7)27-15-21(3)12-24(18-27)31(8)9/h10-18H,1-9H3. The van der Waals surface area contributed by atoms with Crippen LogP contribution in [0.5, 0.6) is 0 Å². The lowest BCUT2D eigenvalue weighted by atomic mass is 10.2. The Morgan fingerprint density at radius 1 is 0.469 bits per heavy atom. The molecule has 0 aliphatic carbocycles. The predicted octanol–water partition coefficient (Wildman–Crippen LogP) is 4.02. The third kappa shape index (κ3) is 4.82. The lowest BCUT2D eigenvalue weighted by Gasteiger charge is -2.31. The zero-order chi connectivity index (χ0) is 23.8. The van der Waals surface area contributed by atoms with Gasteiger partial charge in [0.2, 0.25) is 7.38 Å². The molecule has 170 valence electrons. The molecule has 32 heavy (non-hydrogen) atoms. The summed E-state index contributed by atoms with van der Waals surface area (Å²) in [6.07, 6.45) is 0. The lowest BCUT2D eigenvalue weighted by Crippen LogP contribution is -2.63. The van der Waals surface area contributed by atoms with Crippen molar-refractivity contribution in [1.82, 2.24) is 0 Å². The van der Waals surface area contributed by atoms with E-state index in [1.165, 1.54) is 49.3 Å². The molecular weight excluding hydrogens is 430 g/mol. The van der Waals surface area contributed by atoms with Crippen LogP contribution >= 0.6 is 11.1 Å². The van der Waals surface area contributed by atoms with E-state index in [4.69, 9.17) is 11.1 Å². The first kappa shape index (κ1) is 24.2. The summed E-state index contributed by atoms with van der Waals surface area (Å²) in [6, 6.07) is 20.3. The van der Waals surface area contributed by atoms with Crippen LogP contribution in [0, 0.1) is 20.8 Å². The topological polar surface area (TPSA) is 9.72 Å². The quantitative estimate of drug-likeness (QED) is 0.309. The predicted molar refractivity (Wildman–Crippen MR) is 147 cm³/mol. The summed E-state index contributed by atoms with van der Waals surface area (Å²) < 4.78 is 0. The second-order valence-corrected chi connectivity index (χ2v) is 14.3. The van der Waals surface area contributed by atoms with Crippen molar-refractivity contribution in [3.63, 3.8) is 0 Å². The lowest BCUT2D eigenvalue weighted by molar-refractivity contribution is 1.13. The summed E-state index contributed by atoms with van der Waals surface area (Å²) >= 11 is 7.94. The molecule has 0 spiro atoms. The van der Waals surface area contributed by atoms with E-state index in [2.05, 4.69) is 132 Å². The highest BCUT2D eigenvalue weighted by Crippen LogP contribution is 2.23. The highest BCUT2D eigenvalue weighted by atomic mass is 35.6. The van der Waals surface area contributed by atoms with Crippen LogP contribution in [0.4, 0.5) is 17.1 Å². The fourth-order valence-corrected chi connectivity index (χ4v) is 8.46. The van der Waals surface area contributed by atoms with Crippen LogP contribution in [0.1, 0.15) is 16.7 Å². The average Bonchev–Trinajstić information content (AvgIpc) is 2.71. The fourth-order valence-electron chi connectivity index (χ4n) is 4.16. The van der Waals surface area contributed by atoms with Gasteiger partial charge >= 0.3 is 0 Å². The van der Waals surface area contributed by atoms with E-state index in [9.17, 15) is 0 Å². The van der Waals surface area contributed by atoms with E-state index in [1.807, 2.05) is 0 Å². The molecule has 0 heterocycles. The van der Waals surface area contributed by atoms with Gasteiger partial charge in [-0.05, 0) is 89.4 Å². The molecule has 5 heteroatoms. The van der Waals surface area contributed by atoms with Crippen LogP contribution < -0.4 is 30.3 Å². The molecule has 3 aromatic carbocycles. The summed E-state index contributed by atoms with van der Waals surface area (Å²) in [5.41, 5.74) is 7.22. The zero-order valence-corrected chi connectivity index (χ0v) is 22.7. The van der Waals surface area contributed by atoms with Gasteiger partial charge in [-0.2, -0.15) is 0 Å². The minimum Gasteiger partial charge on any atom is -0.378 e. The van der Waals surface area contributed by atoms with Crippen LogP contribution in [0.3, 0.4) is 0 Å². The highest BCUT2D eigenvalue weighted by Gasteiger charge is 2.39. The molecule has 0 aromatic heterocycles. The van der Waals surface area contributed by atoms with E-state index >= 15 is 0 Å². The van der Waals surface area contributed by atoms with Crippen molar-refractivity contribution in [2.24, 2.45) is 0 Å². The van der Waals surface area contributed by atoms with Gasteiger partial charge in [-0.3, -0.25) is 0 Å². The Labute approximate surface area is 199 Å². The van der Waals surface area contributed by atoms with Crippen molar-refractivity contribution >= 4 is 51.1 Å². The van der Waals surface area contributed by atoms with Crippen LogP contribution in [0.15, 0.2) is 54.6 Å². The molecular formula is C27H36ClN3Si. The smallest absolute Gasteiger partial charge is 0.248 e. The Hall–Kier alpha value is -2.43. The third-order valence-electron chi connectivity index (χ3n) is 5.93. The van der Waals surface area contributed by atoms with Crippen LogP contribution in [0.2, 0.25) is 0 Å². The molecule has 3 nitrogen and oxygen atoms in total. The maximum Gasteiger partial charge on any atom is 0.248 e. The molecule has 0 aliphatic rings. The first-order valence-corrected chi connectivity index (χ1v) is 14.0. The summed E-state index contributed by atoms with van der Waals surface area (Å²) in [6.45, 7) is 6.47. The number of nitrogens with zero attached hydrogens (tertiary/aromatic N) is 3. The van der Waals surface area contributed by atoms with Gasteiger partial charge in [-0.15, -0.1) is 11.1 Å². The second kappa shape index (κ2) is 9.20. The van der Waals surface area contributed by atoms with Gasteiger partial charge in [-0.25, -0.2) is 0 Å². The molecule has 0 N–H and O–H groups in total. The molecule has 0 radical (unpaired) electrons. The summed E-state index contributed by atoms with van der Waals surface area (Å²) in [7, 11) is 9.71. The number of halogens is 1. The summed E-state index contributed by atoms with van der Waals surface area (Å²) in [5, 5.41) is 3.65. The Kier molecular flexibility index (Phi) is 6.96. The minimum absolute atomic E-state index is 1.18. The van der Waals surface area contributed by atoms with E-state index in [0.717, 1.165) is 0 Å². The Morgan fingerprint density at radius 3 is 0.938 bits per heavy atom. The maximum absolute atomic E-state index is 7.94. The van der Waals surface area contributed by atoms with Crippen LogP contribution in [-0.4, -0.2) is 49.7 Å². The van der Waals surface area contributed by atoms with E-state index in [0.29, 0.717) is 0 Å². The van der Waals surface area contributed by atoms with Gasteiger partial charge in [0, 0.05) is 59.3 Å². The summed E-state index contributed by atoms with van der Waals surface area (Å²) in [5.74, 6) is 0. The second-order valence-electron chi connectivity index (χ2n) is 9.51. The molecule has 0 saturated heterocycles. The first-order valence-electron chi connectivity index (χ1n) is 11.0. The molecule has 0 unspecified atom stereocenters. The Bertz CT molecular complexity index is 982. The van der Waals surface area contributed by atoms with E-state index < -0.39 is 7.38 Å². The van der Waals surface area contributed by atoms with E-state index in [-0.39, 0.29) is 0 Å². The van der Waals surface area contributed by atoms with Crippen LogP contribution in [-0.2, 0) is 0 Å². The van der Waals surface area contributed by atoms with Crippen molar-refractivity contribution in [2.45, 2.75) is 20.8 Å². The summed E-state index contributed by atoms with van der Waals surface area (Å²) in [4.78, 5) is 6.47. The van der Waals surface area contributed by atoms with Gasteiger partial charge in [0.25, 0.3) is 0 Å². The Balaban J connectivity index is 2.41. The fraction of sp³-hybridized carbons (Fsp3) is 0.333. The first-order chi connectivity index (χ1) is 14.9. The van der Waals surface area contributed by atoms with Gasteiger partial charge in [0.05, 0.1) is 0 Å². The van der Waals surface area contributed by atoms with Gasteiger partial charge in [0.15, 0.2) is 0 Å². The SMILES string of the molecule is Cc1cc(N(C)C)cc([Si](Cl)(c2cc(C)cc(N(C)C)c2)c2cc(C)cc(N(C)C)c2)c1. The van der Waals surface area contributed by atoms with Crippen molar-refractivity contribution in [3.8, 4) is 0 Å². The highest BCUT2D eigenvalue weighted by molar-refractivity contribution is 7.40. The van der Waals surface area contributed by atoms with E-state index in [1.54, 1.807) is 0 Å². The monoisotopic (exact) mass is 465 g/mol. The van der Waals surface area contributed by atoms with Crippen molar-refractivity contribution in [3.05, 3.63) is 71.3 Å². The van der Waals surface area contributed by atoms with Gasteiger partial charge in [0.1, 0.15) is 0 Å². The molecule has 0 aliphatic heterocycles. The molecule has 3 rings (SSSR count). The zero-order valence-electron chi connectivity index (χ0n) is 20.9. The molecule has 0 bridgehead atoms. The average molecular weight is 466 g/mol. The third-order valence-corrected chi connectivity index (χ3v) is 11.1. The molecule has 0 saturated carbocycles. The largest absolute Gasteiger partial charge is 0.378 e. The van der Waals surface area contributed by atoms with Crippen molar-refractivity contribution < 1.29 is 0 Å². The molecule has 0 fully saturated rings. The van der Waals surface area contributed by atoms with Crippen molar-refractivity contribution in [1.29, 1.82) is 0 Å². The molecule has 0 amide bonds. The Morgan fingerprint density at radius 2 is 0.719 bits per heavy atom. The normalized spacial score (nSPS) is 11.4. The maximum atomic E-state index is 7.94. The number of hydrogen-bond donors (Lipinski definition) is 0. The number of anilines is 3. The number of hydrogen-bond acceptors (Lipinski definition) is 3.